The molecule has 0 unspecified atom stereocenters. The predicted octanol–water partition coefficient (Wildman–Crippen LogP) is 4.89. The Morgan fingerprint density at radius 2 is 2.28 bits per heavy atom. The van der Waals surface area contributed by atoms with Crippen LogP contribution < -0.4 is 5.32 Å². The van der Waals surface area contributed by atoms with Crippen LogP contribution in [-0.2, 0) is 4.74 Å². The first-order valence-electron chi connectivity index (χ1n) is 5.72. The smallest absolute Gasteiger partial charge is 0.412 e. The molecule has 0 aromatic carbocycles. The molecule has 3 nitrogen and oxygen atoms in total. The molecule has 0 atom stereocenters. The van der Waals surface area contributed by atoms with Crippen molar-refractivity contribution in [1.82, 2.24) is 0 Å². The summed E-state index contributed by atoms with van der Waals surface area (Å²) in [6, 6.07) is 1.93. The van der Waals surface area contributed by atoms with E-state index in [9.17, 15) is 4.79 Å². The predicted molar refractivity (Wildman–Crippen MR) is 81.6 cm³/mol. The molecule has 0 spiro atoms. The number of allylic oxidation sites excluding steroid dienone is 1. The average molecular weight is 332 g/mol. The summed E-state index contributed by atoms with van der Waals surface area (Å²) in [4.78, 5) is 11.5. The lowest BCUT2D eigenvalue weighted by Crippen LogP contribution is -2.26. The second-order valence-corrected chi connectivity index (χ2v) is 6.46. The molecule has 1 heterocycles. The Kier molecular flexibility index (Phi) is 5.88. The summed E-state index contributed by atoms with van der Waals surface area (Å²) in [7, 11) is 0. The summed E-state index contributed by atoms with van der Waals surface area (Å²) in [5, 5.41) is 6.47. The number of halogens is 1. The van der Waals surface area contributed by atoms with E-state index in [0.29, 0.717) is 0 Å². The fourth-order valence-electron chi connectivity index (χ4n) is 1.19. The highest BCUT2D eigenvalue weighted by Gasteiger charge is 2.16. The lowest BCUT2D eigenvalue weighted by atomic mass is 10.2. The molecule has 1 rings (SSSR count). The largest absolute Gasteiger partial charge is 0.444 e. The molecule has 0 saturated carbocycles. The lowest BCUT2D eigenvalue weighted by Gasteiger charge is -2.19. The molecule has 0 bridgehead atoms. The number of hydrogen-bond donors (Lipinski definition) is 1. The number of thiophene rings is 1. The summed E-state index contributed by atoms with van der Waals surface area (Å²) >= 11 is 4.85. The van der Waals surface area contributed by atoms with Crippen LogP contribution in [0.25, 0.3) is 6.08 Å². The van der Waals surface area contributed by atoms with E-state index in [2.05, 4.69) is 27.3 Å². The summed E-state index contributed by atoms with van der Waals surface area (Å²) in [5.74, 6) is 0. The van der Waals surface area contributed by atoms with Crippen LogP contribution in [-0.4, -0.2) is 17.0 Å². The van der Waals surface area contributed by atoms with Gasteiger partial charge in [-0.1, -0.05) is 28.1 Å². The van der Waals surface area contributed by atoms with Gasteiger partial charge >= 0.3 is 6.09 Å². The first-order chi connectivity index (χ1) is 8.40. The minimum absolute atomic E-state index is 0.416. The fraction of sp³-hybridized carbons (Fsp3) is 0.462. The van der Waals surface area contributed by atoms with Crippen molar-refractivity contribution in [3.63, 3.8) is 0 Å². The summed E-state index contributed by atoms with van der Waals surface area (Å²) in [5.41, 5.74) is 0.618. The molecule has 0 aliphatic rings. The molecule has 1 N–H and O–H groups in total. The van der Waals surface area contributed by atoms with Crippen molar-refractivity contribution in [2.45, 2.75) is 32.8 Å². The molecule has 0 aliphatic heterocycles. The second kappa shape index (κ2) is 6.95. The molecule has 1 aromatic heterocycles. The Morgan fingerprint density at radius 1 is 1.56 bits per heavy atom. The van der Waals surface area contributed by atoms with Gasteiger partial charge in [-0.05, 0) is 38.8 Å². The van der Waals surface area contributed by atoms with Gasteiger partial charge in [-0.2, -0.15) is 0 Å². The maximum atomic E-state index is 11.5. The molecule has 1 amide bonds. The Labute approximate surface area is 120 Å². The molecular weight excluding hydrogens is 314 g/mol. The van der Waals surface area contributed by atoms with Crippen molar-refractivity contribution in [2.24, 2.45) is 0 Å². The molecular formula is C13H18BrNO2S. The molecule has 0 saturated heterocycles. The number of rotatable bonds is 4. The molecule has 0 aliphatic carbocycles. The van der Waals surface area contributed by atoms with Crippen LogP contribution in [0.1, 0.15) is 32.8 Å². The summed E-state index contributed by atoms with van der Waals surface area (Å²) in [6.07, 6.45) is 4.71. The van der Waals surface area contributed by atoms with Crippen LogP contribution in [0.4, 0.5) is 9.80 Å². The van der Waals surface area contributed by atoms with Gasteiger partial charge in [0, 0.05) is 10.7 Å². The number of carbonyl (C=O) groups excluding carboxylic acids is 1. The third-order valence-electron chi connectivity index (χ3n) is 1.83. The van der Waals surface area contributed by atoms with Crippen molar-refractivity contribution in [3.8, 4) is 0 Å². The van der Waals surface area contributed by atoms with Gasteiger partial charge in [-0.3, -0.25) is 5.32 Å². The molecule has 5 heteroatoms. The quantitative estimate of drug-likeness (QED) is 0.797. The second-order valence-electron chi connectivity index (χ2n) is 4.75. The number of anilines is 1. The highest BCUT2D eigenvalue weighted by molar-refractivity contribution is 9.09. The van der Waals surface area contributed by atoms with Crippen molar-refractivity contribution >= 4 is 44.4 Å². The van der Waals surface area contributed by atoms with E-state index in [1.807, 2.05) is 38.3 Å². The van der Waals surface area contributed by atoms with Crippen LogP contribution in [0.3, 0.4) is 0 Å². The van der Waals surface area contributed by atoms with Gasteiger partial charge in [0.2, 0.25) is 0 Å². The van der Waals surface area contributed by atoms with E-state index in [1.54, 1.807) is 0 Å². The van der Waals surface area contributed by atoms with Crippen LogP contribution in [0.15, 0.2) is 17.5 Å². The third kappa shape index (κ3) is 6.21. The highest BCUT2D eigenvalue weighted by atomic mass is 79.9. The fourth-order valence-corrected chi connectivity index (χ4v) is 2.21. The SMILES string of the molecule is CC(C)(C)OC(=O)Nc1cc(C=CCCBr)cs1. The Balaban J connectivity index is 2.51. The standard InChI is InChI=1S/C13H18BrNO2S/c1-13(2,3)17-12(16)15-11-8-10(9-18-11)6-4-5-7-14/h4,6,8-9H,5,7H2,1-3H3,(H,15,16). The van der Waals surface area contributed by atoms with E-state index in [4.69, 9.17) is 4.74 Å². The lowest BCUT2D eigenvalue weighted by molar-refractivity contribution is 0.0636. The highest BCUT2D eigenvalue weighted by Crippen LogP contribution is 2.22. The minimum Gasteiger partial charge on any atom is -0.444 e. The molecule has 0 fully saturated rings. The van der Waals surface area contributed by atoms with Crippen molar-refractivity contribution in [2.75, 3.05) is 10.6 Å². The molecule has 0 radical (unpaired) electrons. The first kappa shape index (κ1) is 15.2. The number of hydrogen-bond acceptors (Lipinski definition) is 3. The number of carbonyl (C=O) groups is 1. The van der Waals surface area contributed by atoms with Gasteiger partial charge in [-0.25, -0.2) is 4.79 Å². The van der Waals surface area contributed by atoms with Crippen molar-refractivity contribution in [3.05, 3.63) is 23.1 Å². The van der Waals surface area contributed by atoms with Crippen molar-refractivity contribution < 1.29 is 9.53 Å². The maximum absolute atomic E-state index is 11.5. The Morgan fingerprint density at radius 3 is 2.89 bits per heavy atom. The number of alkyl halides is 1. The molecule has 100 valence electrons. The van der Waals surface area contributed by atoms with Crippen LogP contribution in [0.5, 0.6) is 0 Å². The van der Waals surface area contributed by atoms with E-state index in [1.165, 1.54) is 11.3 Å². The van der Waals surface area contributed by atoms with Gasteiger partial charge < -0.3 is 4.74 Å². The summed E-state index contributed by atoms with van der Waals surface area (Å²) < 4.78 is 5.18. The van der Waals surface area contributed by atoms with Gasteiger partial charge in [0.15, 0.2) is 0 Å². The molecule has 18 heavy (non-hydrogen) atoms. The van der Waals surface area contributed by atoms with Crippen LogP contribution >= 0.6 is 27.3 Å². The van der Waals surface area contributed by atoms with E-state index in [-0.39, 0.29) is 0 Å². The number of nitrogens with one attached hydrogen (secondary N) is 1. The normalized spacial score (nSPS) is 11.8. The molecule has 1 aromatic rings. The van der Waals surface area contributed by atoms with E-state index >= 15 is 0 Å². The first-order valence-corrected chi connectivity index (χ1v) is 7.72. The Bertz CT molecular complexity index is 421. The van der Waals surface area contributed by atoms with Crippen molar-refractivity contribution in [1.29, 1.82) is 0 Å². The zero-order valence-corrected chi connectivity index (χ0v) is 13.2. The van der Waals surface area contributed by atoms with E-state index < -0.39 is 11.7 Å². The van der Waals surface area contributed by atoms with Gasteiger partial charge in [0.25, 0.3) is 0 Å². The summed E-state index contributed by atoms with van der Waals surface area (Å²) in [6.45, 7) is 5.53. The topological polar surface area (TPSA) is 38.3 Å². The minimum atomic E-state index is -0.472. The van der Waals surface area contributed by atoms with Gasteiger partial charge in [-0.15, -0.1) is 11.3 Å². The third-order valence-corrected chi connectivity index (χ3v) is 3.15. The van der Waals surface area contributed by atoms with Gasteiger partial charge in [0.1, 0.15) is 5.60 Å². The maximum Gasteiger partial charge on any atom is 0.412 e. The van der Waals surface area contributed by atoms with E-state index in [0.717, 1.165) is 22.3 Å². The Hall–Kier alpha value is -0.810. The number of amides is 1. The number of ether oxygens (including phenoxy) is 1. The monoisotopic (exact) mass is 331 g/mol. The van der Waals surface area contributed by atoms with Gasteiger partial charge in [0.05, 0.1) is 5.00 Å². The van der Waals surface area contributed by atoms with Crippen LogP contribution in [0.2, 0.25) is 0 Å². The van der Waals surface area contributed by atoms with Crippen LogP contribution in [0, 0.1) is 0 Å². The zero-order valence-electron chi connectivity index (χ0n) is 10.8. The average Bonchev–Trinajstić information content (AvgIpc) is 2.63. The zero-order chi connectivity index (χ0) is 13.6.